The van der Waals surface area contributed by atoms with Crippen LogP contribution in [0.3, 0.4) is 0 Å². The Bertz CT molecular complexity index is 1110. The first-order valence-corrected chi connectivity index (χ1v) is 12.0. The van der Waals surface area contributed by atoms with Crippen LogP contribution in [0.2, 0.25) is 0 Å². The highest BCUT2D eigenvalue weighted by Crippen LogP contribution is 2.39. The van der Waals surface area contributed by atoms with Gasteiger partial charge in [-0.25, -0.2) is 9.59 Å². The number of carboxylic acids is 1. The van der Waals surface area contributed by atoms with Crippen LogP contribution in [0, 0.1) is 5.92 Å². The highest BCUT2D eigenvalue weighted by Gasteiger charge is 2.41. The van der Waals surface area contributed by atoms with E-state index < -0.39 is 17.7 Å². The van der Waals surface area contributed by atoms with Gasteiger partial charge in [0.25, 0.3) is 0 Å². The summed E-state index contributed by atoms with van der Waals surface area (Å²) in [6, 6.07) is 4.94. The zero-order valence-electron chi connectivity index (χ0n) is 19.2. The van der Waals surface area contributed by atoms with Crippen molar-refractivity contribution in [2.45, 2.75) is 44.4 Å². The number of alkyl halides is 3. The maximum absolute atomic E-state index is 13.4. The minimum Gasteiger partial charge on any atom is -0.476 e. The van der Waals surface area contributed by atoms with Gasteiger partial charge in [0, 0.05) is 57.2 Å². The van der Waals surface area contributed by atoms with Crippen molar-refractivity contribution in [2.24, 2.45) is 5.92 Å². The number of aromatic carboxylic acids is 1. The van der Waals surface area contributed by atoms with Crippen LogP contribution in [-0.2, 0) is 12.7 Å². The number of benzene rings is 1. The summed E-state index contributed by atoms with van der Waals surface area (Å²) in [7, 11) is 0. The van der Waals surface area contributed by atoms with Gasteiger partial charge in [0.05, 0.1) is 5.56 Å². The zero-order chi connectivity index (χ0) is 24.7. The standard InChI is InChI=1S/C24H28F3N5O3/c25-24(26,27)18-6-5-17(20(13-18)30-8-1-2-9-30)14-29-11-12-31(21(15-29)16-3-4-16)23(35)32-10-7-19(28-32)22(33)34/h5-7,10,13,16,21H,1-4,8-9,11-12,14-15H2,(H,33,34). The van der Waals surface area contributed by atoms with Crippen molar-refractivity contribution in [3.05, 3.63) is 47.3 Å². The second-order valence-electron chi connectivity index (χ2n) is 9.60. The molecule has 1 aromatic carbocycles. The number of nitrogens with zero attached hydrogens (tertiary/aromatic N) is 5. The van der Waals surface area contributed by atoms with Gasteiger partial charge in [-0.05, 0) is 55.4 Å². The van der Waals surface area contributed by atoms with Gasteiger partial charge in [-0.3, -0.25) is 4.90 Å². The molecule has 1 aliphatic carbocycles. The number of rotatable bonds is 5. The van der Waals surface area contributed by atoms with E-state index in [2.05, 4.69) is 10.00 Å². The Hall–Kier alpha value is -3.08. The zero-order valence-corrected chi connectivity index (χ0v) is 19.2. The maximum Gasteiger partial charge on any atom is 0.416 e. The van der Waals surface area contributed by atoms with Crippen molar-refractivity contribution in [1.29, 1.82) is 0 Å². The van der Waals surface area contributed by atoms with E-state index in [4.69, 9.17) is 5.11 Å². The lowest BCUT2D eigenvalue weighted by Crippen LogP contribution is -2.56. The molecule has 1 atom stereocenters. The molecular weight excluding hydrogens is 463 g/mol. The fourth-order valence-corrected chi connectivity index (χ4v) is 5.18. The number of carbonyl (C=O) groups excluding carboxylic acids is 1. The number of amides is 1. The van der Waals surface area contributed by atoms with Crippen LogP contribution in [-0.4, -0.2) is 75.5 Å². The predicted molar refractivity (Wildman–Crippen MR) is 121 cm³/mol. The van der Waals surface area contributed by atoms with Crippen molar-refractivity contribution in [3.8, 4) is 0 Å². The Morgan fingerprint density at radius 1 is 1.06 bits per heavy atom. The Morgan fingerprint density at radius 3 is 2.43 bits per heavy atom. The Kier molecular flexibility index (Phi) is 6.20. The molecule has 5 rings (SSSR count). The van der Waals surface area contributed by atoms with Crippen LogP contribution in [0.1, 0.15) is 47.3 Å². The quantitative estimate of drug-likeness (QED) is 0.686. The van der Waals surface area contributed by atoms with Gasteiger partial charge in [0.15, 0.2) is 5.69 Å². The number of carbonyl (C=O) groups is 2. The first-order valence-electron chi connectivity index (χ1n) is 12.0. The first kappa shape index (κ1) is 23.7. The Balaban J connectivity index is 1.33. The molecular formula is C24H28F3N5O3. The molecule has 188 valence electrons. The first-order chi connectivity index (χ1) is 16.7. The minimum atomic E-state index is -4.39. The van der Waals surface area contributed by atoms with E-state index in [1.165, 1.54) is 18.3 Å². The lowest BCUT2D eigenvalue weighted by molar-refractivity contribution is -0.137. The van der Waals surface area contributed by atoms with Crippen molar-refractivity contribution < 1.29 is 27.9 Å². The lowest BCUT2D eigenvalue weighted by Gasteiger charge is -2.41. The van der Waals surface area contributed by atoms with Crippen LogP contribution in [0.15, 0.2) is 30.5 Å². The molecule has 0 spiro atoms. The molecule has 1 aromatic heterocycles. The Labute approximate surface area is 200 Å². The Morgan fingerprint density at radius 2 is 1.80 bits per heavy atom. The molecule has 8 nitrogen and oxygen atoms in total. The van der Waals surface area contributed by atoms with E-state index in [-0.39, 0.29) is 17.8 Å². The number of halogens is 3. The number of piperazine rings is 1. The highest BCUT2D eigenvalue weighted by atomic mass is 19.4. The van der Waals surface area contributed by atoms with Crippen LogP contribution in [0.25, 0.3) is 0 Å². The molecule has 1 N–H and O–H groups in total. The van der Waals surface area contributed by atoms with Crippen LogP contribution >= 0.6 is 0 Å². The highest BCUT2D eigenvalue weighted by molar-refractivity contribution is 5.86. The largest absolute Gasteiger partial charge is 0.476 e. The summed E-state index contributed by atoms with van der Waals surface area (Å²) < 4.78 is 41.3. The molecule has 3 fully saturated rings. The van der Waals surface area contributed by atoms with Crippen LogP contribution in [0.4, 0.5) is 23.7 Å². The normalized spacial score (nSPS) is 21.5. The predicted octanol–water partition coefficient (Wildman–Crippen LogP) is 3.76. The maximum atomic E-state index is 13.4. The second kappa shape index (κ2) is 9.18. The lowest BCUT2D eigenvalue weighted by atomic mass is 10.0. The van der Waals surface area contributed by atoms with E-state index in [1.807, 2.05) is 4.90 Å². The van der Waals surface area contributed by atoms with Gasteiger partial charge in [0.2, 0.25) is 0 Å². The molecule has 11 heteroatoms. The molecule has 2 aliphatic heterocycles. The number of hydrogen-bond donors (Lipinski definition) is 1. The summed E-state index contributed by atoms with van der Waals surface area (Å²) in [5, 5.41) is 13.0. The molecule has 3 heterocycles. The van der Waals surface area contributed by atoms with Gasteiger partial charge in [-0.15, -0.1) is 0 Å². The monoisotopic (exact) mass is 491 g/mol. The molecule has 2 saturated heterocycles. The SMILES string of the molecule is O=C(O)c1ccn(C(=O)N2CCN(Cc3ccc(C(F)(F)F)cc3N3CCCC3)CC2C2CC2)n1. The number of anilines is 1. The molecule has 0 bridgehead atoms. The van der Waals surface area contributed by atoms with Gasteiger partial charge in [-0.1, -0.05) is 6.07 Å². The minimum absolute atomic E-state index is 0.0431. The van der Waals surface area contributed by atoms with Gasteiger partial charge < -0.3 is 14.9 Å². The van der Waals surface area contributed by atoms with E-state index in [0.717, 1.165) is 55.1 Å². The molecule has 1 unspecified atom stereocenters. The molecule has 1 saturated carbocycles. The third kappa shape index (κ3) is 5.00. The number of aromatic nitrogens is 2. The van der Waals surface area contributed by atoms with Crippen LogP contribution < -0.4 is 4.90 Å². The average Bonchev–Trinajstić information content (AvgIpc) is 3.30. The van der Waals surface area contributed by atoms with Gasteiger partial charge in [0.1, 0.15) is 0 Å². The second-order valence-corrected chi connectivity index (χ2v) is 9.60. The summed E-state index contributed by atoms with van der Waals surface area (Å²) in [5.41, 5.74) is 0.704. The van der Waals surface area contributed by atoms with Crippen molar-refractivity contribution >= 4 is 17.7 Å². The van der Waals surface area contributed by atoms with E-state index in [1.54, 1.807) is 11.0 Å². The van der Waals surface area contributed by atoms with Crippen molar-refractivity contribution in [1.82, 2.24) is 19.6 Å². The summed E-state index contributed by atoms with van der Waals surface area (Å²) in [5.74, 6) is -0.827. The van der Waals surface area contributed by atoms with Crippen molar-refractivity contribution in [3.63, 3.8) is 0 Å². The molecule has 1 amide bonds. The third-order valence-corrected chi connectivity index (χ3v) is 7.17. The topological polar surface area (TPSA) is 81.9 Å². The summed E-state index contributed by atoms with van der Waals surface area (Å²) >= 11 is 0. The van der Waals surface area contributed by atoms with E-state index in [0.29, 0.717) is 37.8 Å². The average molecular weight is 492 g/mol. The molecule has 3 aliphatic rings. The molecule has 0 radical (unpaired) electrons. The smallest absolute Gasteiger partial charge is 0.416 e. The summed E-state index contributed by atoms with van der Waals surface area (Å²) in [4.78, 5) is 30.3. The molecule has 2 aromatic rings. The fraction of sp³-hybridized carbons (Fsp3) is 0.542. The fourth-order valence-electron chi connectivity index (χ4n) is 5.18. The summed E-state index contributed by atoms with van der Waals surface area (Å²) in [6.07, 6.45) is 0.951. The summed E-state index contributed by atoms with van der Waals surface area (Å²) in [6.45, 7) is 3.65. The van der Waals surface area contributed by atoms with Crippen molar-refractivity contribution in [2.75, 3.05) is 37.6 Å². The third-order valence-electron chi connectivity index (χ3n) is 7.17. The molecule has 35 heavy (non-hydrogen) atoms. The van der Waals surface area contributed by atoms with E-state index in [9.17, 15) is 22.8 Å². The van der Waals surface area contributed by atoms with E-state index >= 15 is 0 Å². The van der Waals surface area contributed by atoms with Gasteiger partial charge in [-0.2, -0.15) is 23.0 Å². The number of hydrogen-bond acceptors (Lipinski definition) is 5. The van der Waals surface area contributed by atoms with Crippen LogP contribution in [0.5, 0.6) is 0 Å². The van der Waals surface area contributed by atoms with Gasteiger partial charge >= 0.3 is 18.2 Å². The number of carboxylic acid groups (broad SMARTS) is 1.